The van der Waals surface area contributed by atoms with Crippen molar-refractivity contribution in [3.05, 3.63) is 52.8 Å². The fourth-order valence-electron chi connectivity index (χ4n) is 2.52. The van der Waals surface area contributed by atoms with Crippen LogP contribution >= 0.6 is 0 Å². The van der Waals surface area contributed by atoms with Gasteiger partial charge in [-0.3, -0.25) is 19.5 Å². The fraction of sp³-hybridized carbons (Fsp3) is 0.188. The molecule has 1 aliphatic rings. The molecule has 3 rings (SSSR count). The lowest BCUT2D eigenvalue weighted by Gasteiger charge is -2.06. The Morgan fingerprint density at radius 2 is 1.83 bits per heavy atom. The summed E-state index contributed by atoms with van der Waals surface area (Å²) in [5.74, 6) is -2.08. The second-order valence-corrected chi connectivity index (χ2v) is 5.34. The Kier molecular flexibility index (Phi) is 3.61. The summed E-state index contributed by atoms with van der Waals surface area (Å²) in [7, 11) is 0. The molecular formula is C16H14N4O3. The molecule has 0 radical (unpaired) electrons. The number of hydrazone groups is 1. The van der Waals surface area contributed by atoms with Gasteiger partial charge < -0.3 is 0 Å². The van der Waals surface area contributed by atoms with Crippen molar-refractivity contribution in [1.82, 2.24) is 15.6 Å². The van der Waals surface area contributed by atoms with Crippen LogP contribution in [0.5, 0.6) is 0 Å². The summed E-state index contributed by atoms with van der Waals surface area (Å²) < 4.78 is 0. The number of aryl methyl sites for hydroxylation is 1. The van der Waals surface area contributed by atoms with E-state index in [2.05, 4.69) is 20.7 Å². The lowest BCUT2D eigenvalue weighted by Crippen LogP contribution is -2.27. The van der Waals surface area contributed by atoms with Crippen molar-refractivity contribution in [2.24, 2.45) is 11.0 Å². The van der Waals surface area contributed by atoms with Crippen LogP contribution in [-0.2, 0) is 0 Å². The summed E-state index contributed by atoms with van der Waals surface area (Å²) in [5, 5.41) is 10.4. The van der Waals surface area contributed by atoms with E-state index < -0.39 is 11.8 Å². The molecule has 0 saturated heterocycles. The van der Waals surface area contributed by atoms with Gasteiger partial charge in [0, 0.05) is 16.8 Å². The second kappa shape index (κ2) is 5.60. The van der Waals surface area contributed by atoms with Crippen LogP contribution in [0.3, 0.4) is 0 Å². The van der Waals surface area contributed by atoms with E-state index >= 15 is 0 Å². The van der Waals surface area contributed by atoms with E-state index in [0.717, 1.165) is 5.69 Å². The zero-order chi connectivity index (χ0) is 16.6. The highest BCUT2D eigenvalue weighted by atomic mass is 16.2. The molecule has 7 heteroatoms. The number of Topliss-reactive ketones (excluding diaryl/α,β-unsaturated/α-hetero) is 2. The number of nitrogens with one attached hydrogen (secondary N) is 2. The van der Waals surface area contributed by atoms with Gasteiger partial charge in [-0.2, -0.15) is 10.2 Å². The normalized spacial score (nSPS) is 15.0. The molecule has 0 saturated carbocycles. The Bertz CT molecular complexity index is 816. The van der Waals surface area contributed by atoms with Crippen molar-refractivity contribution in [1.29, 1.82) is 0 Å². The average molecular weight is 310 g/mol. The third kappa shape index (κ3) is 2.57. The van der Waals surface area contributed by atoms with Crippen LogP contribution in [0.1, 0.15) is 43.8 Å². The number of aromatic nitrogens is 2. The van der Waals surface area contributed by atoms with Crippen LogP contribution < -0.4 is 5.43 Å². The number of fused-ring (bicyclic) bond motifs is 1. The first-order valence-electron chi connectivity index (χ1n) is 7.03. The maximum atomic E-state index is 12.3. The molecule has 1 aromatic heterocycles. The Hall–Kier alpha value is -3.09. The average Bonchev–Trinajstić information content (AvgIpc) is 3.08. The summed E-state index contributed by atoms with van der Waals surface area (Å²) in [4.78, 5) is 36.6. The molecule has 23 heavy (non-hydrogen) atoms. The number of aromatic amines is 1. The fourth-order valence-corrected chi connectivity index (χ4v) is 2.52. The molecule has 1 heterocycles. The van der Waals surface area contributed by atoms with E-state index in [1.165, 1.54) is 0 Å². The molecule has 2 aromatic rings. The zero-order valence-electron chi connectivity index (χ0n) is 12.6. The highest BCUT2D eigenvalue weighted by molar-refractivity contribution is 6.36. The number of nitrogens with zero attached hydrogens (tertiary/aromatic N) is 2. The molecule has 0 unspecified atom stereocenters. The first-order valence-corrected chi connectivity index (χ1v) is 7.03. The van der Waals surface area contributed by atoms with E-state index in [0.29, 0.717) is 11.1 Å². The van der Waals surface area contributed by atoms with Gasteiger partial charge in [-0.25, -0.2) is 5.43 Å². The van der Waals surface area contributed by atoms with Gasteiger partial charge in [0.25, 0.3) is 5.91 Å². The molecule has 116 valence electrons. The van der Waals surface area contributed by atoms with Gasteiger partial charge in [-0.15, -0.1) is 0 Å². The van der Waals surface area contributed by atoms with Gasteiger partial charge >= 0.3 is 0 Å². The van der Waals surface area contributed by atoms with Crippen molar-refractivity contribution in [2.75, 3.05) is 0 Å². The number of carbonyl (C=O) groups excluding carboxylic acids is 3. The summed E-state index contributed by atoms with van der Waals surface area (Å²) in [6, 6.07) is 8.23. The van der Waals surface area contributed by atoms with Crippen molar-refractivity contribution in [3.8, 4) is 0 Å². The van der Waals surface area contributed by atoms with Crippen LogP contribution in [0.15, 0.2) is 35.4 Å². The van der Waals surface area contributed by atoms with E-state index in [1.807, 2.05) is 0 Å². The lowest BCUT2D eigenvalue weighted by atomic mass is 9.99. The van der Waals surface area contributed by atoms with E-state index in [1.54, 1.807) is 44.2 Å². The molecule has 0 fully saturated rings. The van der Waals surface area contributed by atoms with Crippen molar-refractivity contribution in [2.45, 2.75) is 13.8 Å². The largest absolute Gasteiger partial charge is 0.293 e. The molecule has 0 spiro atoms. The first kappa shape index (κ1) is 14.8. The topological polar surface area (TPSA) is 104 Å². The van der Waals surface area contributed by atoms with Crippen molar-refractivity contribution >= 4 is 23.2 Å². The molecule has 1 amide bonds. The molecule has 0 aliphatic heterocycles. The molecular weight excluding hydrogens is 296 g/mol. The van der Waals surface area contributed by atoms with Crippen molar-refractivity contribution < 1.29 is 14.4 Å². The van der Waals surface area contributed by atoms with Crippen LogP contribution in [-0.4, -0.2) is 33.4 Å². The van der Waals surface area contributed by atoms with Crippen LogP contribution in [0.2, 0.25) is 0 Å². The smallest absolute Gasteiger partial charge is 0.291 e. The SMILES string of the molecule is C/C(=N\NC(=O)c1cc(C)[nH]n1)C1C(=O)c2ccccc2C1=O. The van der Waals surface area contributed by atoms with Crippen LogP contribution in [0.4, 0.5) is 0 Å². The molecule has 1 aromatic carbocycles. The quantitative estimate of drug-likeness (QED) is 0.509. The molecule has 1 aliphatic carbocycles. The first-order chi connectivity index (χ1) is 11.0. The number of amides is 1. The Labute approximate surface area is 131 Å². The predicted molar refractivity (Wildman–Crippen MR) is 82.5 cm³/mol. The summed E-state index contributed by atoms with van der Waals surface area (Å²) in [6.07, 6.45) is 0. The minimum Gasteiger partial charge on any atom is -0.293 e. The van der Waals surface area contributed by atoms with Gasteiger partial charge in [0.15, 0.2) is 17.3 Å². The summed E-state index contributed by atoms with van der Waals surface area (Å²) in [6.45, 7) is 3.31. The third-order valence-electron chi connectivity index (χ3n) is 3.67. The molecule has 0 atom stereocenters. The lowest BCUT2D eigenvalue weighted by molar-refractivity contribution is 0.0877. The maximum absolute atomic E-state index is 12.3. The maximum Gasteiger partial charge on any atom is 0.291 e. The summed E-state index contributed by atoms with van der Waals surface area (Å²) in [5.41, 5.74) is 4.28. The number of carbonyl (C=O) groups is 3. The number of rotatable bonds is 3. The summed E-state index contributed by atoms with van der Waals surface area (Å²) >= 11 is 0. The number of benzene rings is 1. The monoisotopic (exact) mass is 310 g/mol. The highest BCUT2D eigenvalue weighted by Gasteiger charge is 2.40. The van der Waals surface area contributed by atoms with Gasteiger partial charge in [0.1, 0.15) is 5.92 Å². The number of hydrogen-bond donors (Lipinski definition) is 2. The second-order valence-electron chi connectivity index (χ2n) is 5.34. The predicted octanol–water partition coefficient (Wildman–Crippen LogP) is 1.52. The Morgan fingerprint density at radius 3 is 2.35 bits per heavy atom. The van der Waals surface area contributed by atoms with E-state index in [9.17, 15) is 14.4 Å². The minimum atomic E-state index is -0.978. The van der Waals surface area contributed by atoms with E-state index in [4.69, 9.17) is 0 Å². The van der Waals surface area contributed by atoms with Gasteiger partial charge in [0.2, 0.25) is 0 Å². The molecule has 0 bridgehead atoms. The van der Waals surface area contributed by atoms with Gasteiger partial charge in [-0.1, -0.05) is 24.3 Å². The number of hydrogen-bond acceptors (Lipinski definition) is 5. The standard InChI is InChI=1S/C16H14N4O3/c1-8-7-12(19-17-8)16(23)20-18-9(2)13-14(21)10-5-3-4-6-11(10)15(13)22/h3-7,13H,1-2H3,(H,17,19)(H,20,23)/b18-9+. The third-order valence-corrected chi connectivity index (χ3v) is 3.67. The number of ketones is 2. The van der Waals surface area contributed by atoms with Crippen LogP contribution in [0, 0.1) is 12.8 Å². The van der Waals surface area contributed by atoms with Gasteiger partial charge in [-0.05, 0) is 19.9 Å². The molecule has 2 N–H and O–H groups in total. The van der Waals surface area contributed by atoms with Gasteiger partial charge in [0.05, 0.1) is 5.71 Å². The highest BCUT2D eigenvalue weighted by Crippen LogP contribution is 2.27. The molecule has 7 nitrogen and oxygen atoms in total. The van der Waals surface area contributed by atoms with Crippen molar-refractivity contribution in [3.63, 3.8) is 0 Å². The van der Waals surface area contributed by atoms with Crippen LogP contribution in [0.25, 0.3) is 0 Å². The Morgan fingerprint density at radius 1 is 1.22 bits per heavy atom. The number of H-pyrrole nitrogens is 1. The van der Waals surface area contributed by atoms with E-state index in [-0.39, 0.29) is 23.0 Å². The minimum absolute atomic E-state index is 0.186. The Balaban J connectivity index is 1.79. The zero-order valence-corrected chi connectivity index (χ0v) is 12.6.